The molecule has 1 aliphatic heterocycles. The van der Waals surface area contributed by atoms with Crippen molar-refractivity contribution in [3.8, 4) is 22.9 Å². The second-order valence-electron chi connectivity index (χ2n) is 11.0. The van der Waals surface area contributed by atoms with Gasteiger partial charge < -0.3 is 24.8 Å². The predicted molar refractivity (Wildman–Crippen MR) is 161 cm³/mol. The minimum Gasteiger partial charge on any atom is -0.508 e. The van der Waals surface area contributed by atoms with Crippen LogP contribution in [0.1, 0.15) is 64.2 Å². The summed E-state index contributed by atoms with van der Waals surface area (Å²) < 4.78 is 39.0. The maximum atomic E-state index is 13.3. The molecule has 0 amide bonds. The second kappa shape index (κ2) is 16.0. The summed E-state index contributed by atoms with van der Waals surface area (Å²) in [5.41, 5.74) is 0.729. The summed E-state index contributed by atoms with van der Waals surface area (Å²) in [6.45, 7) is 4.33. The summed E-state index contributed by atoms with van der Waals surface area (Å²) in [6, 6.07) is 13.1. The number of nitrogens with one attached hydrogen (secondary N) is 1. The van der Waals surface area contributed by atoms with Crippen molar-refractivity contribution in [3.63, 3.8) is 0 Å². The van der Waals surface area contributed by atoms with E-state index in [2.05, 4.69) is 22.4 Å². The van der Waals surface area contributed by atoms with Crippen LogP contribution in [0.5, 0.6) is 11.5 Å². The van der Waals surface area contributed by atoms with Crippen LogP contribution >= 0.6 is 0 Å². The topological polar surface area (TPSA) is 138 Å². The molecule has 11 heteroatoms. The first-order chi connectivity index (χ1) is 20.3. The fraction of sp³-hybridized carbons (Fsp3) is 0.548. The lowest BCUT2D eigenvalue weighted by molar-refractivity contribution is 0.104. The molecule has 0 aliphatic carbocycles. The highest BCUT2D eigenvalue weighted by molar-refractivity contribution is 7.89. The minimum atomic E-state index is -3.59. The van der Waals surface area contributed by atoms with Crippen LogP contribution < -0.4 is 10.1 Å². The van der Waals surface area contributed by atoms with Crippen molar-refractivity contribution < 1.29 is 27.9 Å². The van der Waals surface area contributed by atoms with Crippen LogP contribution in [0.2, 0.25) is 0 Å². The number of sulfonamides is 1. The second-order valence-corrected chi connectivity index (χ2v) is 13.0. The largest absolute Gasteiger partial charge is 0.508 e. The highest BCUT2D eigenvalue weighted by Gasteiger charge is 2.29. The molecule has 1 saturated heterocycles. The fourth-order valence-electron chi connectivity index (χ4n) is 5.06. The van der Waals surface area contributed by atoms with Crippen LogP contribution in [0.3, 0.4) is 0 Å². The summed E-state index contributed by atoms with van der Waals surface area (Å²) in [5.74, 6) is 2.16. The third-order valence-corrected chi connectivity index (χ3v) is 9.54. The number of hydrogen-bond donors (Lipinski definition) is 3. The molecule has 0 spiro atoms. The third-order valence-electron chi connectivity index (χ3n) is 7.63. The van der Waals surface area contributed by atoms with Gasteiger partial charge in [0.05, 0.1) is 4.90 Å². The number of phenolic OH excluding ortho intramolecular Hbond substituents is 1. The van der Waals surface area contributed by atoms with Crippen LogP contribution in [-0.2, 0) is 16.4 Å². The molecule has 2 heterocycles. The Morgan fingerprint density at radius 2 is 1.71 bits per heavy atom. The molecule has 42 heavy (non-hydrogen) atoms. The van der Waals surface area contributed by atoms with E-state index in [1.165, 1.54) is 37.8 Å². The Balaban J connectivity index is 1.17. The quantitative estimate of drug-likeness (QED) is 0.187. The summed E-state index contributed by atoms with van der Waals surface area (Å²) >= 11 is 0. The van der Waals surface area contributed by atoms with Gasteiger partial charge in [0, 0.05) is 31.6 Å². The molecule has 2 aromatic carbocycles. The number of aromatic nitrogens is 2. The van der Waals surface area contributed by atoms with E-state index in [0.717, 1.165) is 37.7 Å². The number of phenols is 1. The van der Waals surface area contributed by atoms with E-state index in [1.54, 1.807) is 40.7 Å². The Kier molecular flexibility index (Phi) is 12.2. The number of aryl methyl sites for hydroxylation is 1. The van der Waals surface area contributed by atoms with Crippen LogP contribution in [0.15, 0.2) is 57.9 Å². The molecule has 10 nitrogen and oxygen atoms in total. The molecule has 3 aromatic rings. The smallest absolute Gasteiger partial charge is 0.243 e. The molecule has 0 bridgehead atoms. The molecular formula is C31H44N4O6S. The van der Waals surface area contributed by atoms with Gasteiger partial charge in [-0.3, -0.25) is 0 Å². The normalized spacial score (nSPS) is 15.6. The van der Waals surface area contributed by atoms with Gasteiger partial charge in [-0.25, -0.2) is 8.42 Å². The van der Waals surface area contributed by atoms with Crippen molar-refractivity contribution in [1.82, 2.24) is 19.8 Å². The average molecular weight is 601 g/mol. The number of aliphatic hydroxyl groups excluding tert-OH is 1. The number of piperidine rings is 1. The van der Waals surface area contributed by atoms with E-state index in [1.807, 2.05) is 0 Å². The van der Waals surface area contributed by atoms with Gasteiger partial charge in [0.25, 0.3) is 0 Å². The molecule has 1 aliphatic rings. The van der Waals surface area contributed by atoms with Gasteiger partial charge in [-0.15, -0.1) is 0 Å². The highest BCUT2D eigenvalue weighted by Crippen LogP contribution is 2.26. The van der Waals surface area contributed by atoms with Crippen LogP contribution in [0.25, 0.3) is 11.4 Å². The van der Waals surface area contributed by atoms with E-state index in [9.17, 15) is 18.6 Å². The first-order valence-electron chi connectivity index (χ1n) is 15.1. The Morgan fingerprint density at radius 1 is 1.02 bits per heavy atom. The molecule has 230 valence electrons. The predicted octanol–water partition coefficient (Wildman–Crippen LogP) is 4.78. The van der Waals surface area contributed by atoms with Crippen molar-refractivity contribution in [2.24, 2.45) is 5.92 Å². The van der Waals surface area contributed by atoms with E-state index in [4.69, 9.17) is 9.26 Å². The molecule has 0 saturated carbocycles. The van der Waals surface area contributed by atoms with Gasteiger partial charge in [-0.1, -0.05) is 44.2 Å². The average Bonchev–Trinajstić information content (AvgIpc) is 3.48. The zero-order valence-electron chi connectivity index (χ0n) is 24.5. The number of rotatable bonds is 17. The molecular weight excluding hydrogens is 556 g/mol. The van der Waals surface area contributed by atoms with E-state index < -0.39 is 16.1 Å². The van der Waals surface area contributed by atoms with Gasteiger partial charge in [-0.2, -0.15) is 9.29 Å². The first kappa shape index (κ1) is 31.9. The van der Waals surface area contributed by atoms with E-state index in [-0.39, 0.29) is 17.3 Å². The summed E-state index contributed by atoms with van der Waals surface area (Å²) in [7, 11) is -3.59. The highest BCUT2D eigenvalue weighted by atomic mass is 32.2. The van der Waals surface area contributed by atoms with Crippen LogP contribution in [0.4, 0.5) is 0 Å². The lowest BCUT2D eigenvalue weighted by Gasteiger charge is -2.31. The van der Waals surface area contributed by atoms with Gasteiger partial charge in [0.2, 0.25) is 21.7 Å². The number of aromatic hydroxyl groups is 1. The summed E-state index contributed by atoms with van der Waals surface area (Å²) in [6.07, 6.45) is 8.74. The van der Waals surface area contributed by atoms with Gasteiger partial charge in [0.1, 0.15) is 24.2 Å². The molecule has 1 aromatic heterocycles. The summed E-state index contributed by atoms with van der Waals surface area (Å²) in [4.78, 5) is 4.75. The van der Waals surface area contributed by atoms with Gasteiger partial charge >= 0.3 is 0 Å². The number of nitrogens with zero attached hydrogens (tertiary/aromatic N) is 3. The number of aliphatic hydroxyl groups is 1. The van der Waals surface area contributed by atoms with Crippen LogP contribution in [-0.4, -0.2) is 72.0 Å². The number of hydrogen-bond acceptors (Lipinski definition) is 9. The molecule has 1 fully saturated rings. The van der Waals surface area contributed by atoms with Gasteiger partial charge in [-0.05, 0) is 80.3 Å². The molecule has 0 unspecified atom stereocenters. The standard InChI is InChI=1S/C31H44N4O6S/c1-2-3-4-5-6-7-8-30-33-31(34-41-30)25-9-15-29(16-10-25)42(38,39)35-19-17-24(18-20-35)21-32-22-27(37)23-40-28-13-11-26(36)12-14-28/h9-16,24,27,32,36-37H,2-8,17-23H2,1H3/t27-/m0/s1. The molecule has 3 N–H and O–H groups in total. The first-order valence-corrected chi connectivity index (χ1v) is 16.5. The SMILES string of the molecule is CCCCCCCCc1nc(-c2ccc(S(=O)(=O)N3CCC(CNC[C@H](O)COc4ccc(O)cc4)CC3)cc2)no1. The van der Waals surface area contributed by atoms with E-state index >= 15 is 0 Å². The summed E-state index contributed by atoms with van der Waals surface area (Å²) in [5, 5.41) is 26.9. The zero-order valence-corrected chi connectivity index (χ0v) is 25.3. The van der Waals surface area contributed by atoms with Crippen LogP contribution in [0, 0.1) is 5.92 Å². The molecule has 1 atom stereocenters. The molecule has 0 radical (unpaired) electrons. The zero-order chi connectivity index (χ0) is 29.8. The van der Waals surface area contributed by atoms with Crippen molar-refractivity contribution in [2.45, 2.75) is 75.7 Å². The lowest BCUT2D eigenvalue weighted by atomic mass is 9.98. The number of unbranched alkanes of at least 4 members (excludes halogenated alkanes) is 5. The number of benzene rings is 2. The van der Waals surface area contributed by atoms with Crippen molar-refractivity contribution in [1.29, 1.82) is 0 Å². The Hall–Kier alpha value is -2.99. The van der Waals surface area contributed by atoms with Crippen molar-refractivity contribution in [3.05, 3.63) is 54.4 Å². The van der Waals surface area contributed by atoms with Gasteiger partial charge in [0.15, 0.2) is 0 Å². The lowest BCUT2D eigenvalue weighted by Crippen LogP contribution is -2.42. The maximum Gasteiger partial charge on any atom is 0.243 e. The maximum absolute atomic E-state index is 13.3. The Bertz CT molecular complexity index is 1310. The monoisotopic (exact) mass is 600 g/mol. The van der Waals surface area contributed by atoms with Crippen molar-refractivity contribution >= 4 is 10.0 Å². The fourth-order valence-corrected chi connectivity index (χ4v) is 6.53. The van der Waals surface area contributed by atoms with Crippen molar-refractivity contribution in [2.75, 3.05) is 32.8 Å². The molecule has 4 rings (SSSR count). The Morgan fingerprint density at radius 3 is 2.43 bits per heavy atom. The third kappa shape index (κ3) is 9.52. The number of ether oxygens (including phenoxy) is 1. The minimum absolute atomic E-state index is 0.139. The van der Waals surface area contributed by atoms with E-state index in [0.29, 0.717) is 49.6 Å². The Labute approximate surface area is 249 Å².